The van der Waals surface area contributed by atoms with Gasteiger partial charge in [0.25, 0.3) is 0 Å². The van der Waals surface area contributed by atoms with E-state index in [2.05, 4.69) is 43.1 Å². The van der Waals surface area contributed by atoms with Gasteiger partial charge in [-0.1, -0.05) is 23.9 Å². The summed E-state index contributed by atoms with van der Waals surface area (Å²) < 4.78 is 0. The first-order valence-corrected chi connectivity index (χ1v) is 4.65. The second kappa shape index (κ2) is 2.45. The van der Waals surface area contributed by atoms with Crippen molar-refractivity contribution in [2.45, 2.75) is 17.2 Å². The van der Waals surface area contributed by atoms with Gasteiger partial charge in [-0.25, -0.2) is 0 Å². The van der Waals surface area contributed by atoms with E-state index in [4.69, 9.17) is 0 Å². The molecule has 0 spiro atoms. The van der Waals surface area contributed by atoms with Crippen molar-refractivity contribution in [3.63, 3.8) is 0 Å². The lowest BCUT2D eigenvalue weighted by Crippen LogP contribution is -2.20. The zero-order valence-corrected chi connectivity index (χ0v) is 7.56. The van der Waals surface area contributed by atoms with Crippen molar-refractivity contribution in [1.29, 1.82) is 0 Å². The maximum Gasteiger partial charge on any atom is 0.0766 e. The van der Waals surface area contributed by atoms with Crippen LogP contribution in [0.2, 0.25) is 0 Å². The summed E-state index contributed by atoms with van der Waals surface area (Å²) in [6.07, 6.45) is 0. The zero-order chi connectivity index (χ0) is 7.84. The molecular formula is C9H11NS. The maximum absolute atomic E-state index is 2.31. The van der Waals surface area contributed by atoms with Gasteiger partial charge in [0.2, 0.25) is 0 Å². The second-order valence-corrected chi connectivity index (χ2v) is 4.15. The highest BCUT2D eigenvalue weighted by molar-refractivity contribution is 8.00. The van der Waals surface area contributed by atoms with Crippen LogP contribution in [0.25, 0.3) is 0 Å². The van der Waals surface area contributed by atoms with Crippen LogP contribution in [0.4, 0.5) is 5.69 Å². The number of nitrogens with zero attached hydrogens (tertiary/aromatic N) is 1. The quantitative estimate of drug-likeness (QED) is 0.581. The Morgan fingerprint density at radius 3 is 2.82 bits per heavy atom. The van der Waals surface area contributed by atoms with Crippen molar-refractivity contribution >= 4 is 17.4 Å². The Bertz CT molecular complexity index is 272. The molecule has 0 unspecified atom stereocenters. The van der Waals surface area contributed by atoms with Crippen LogP contribution in [0, 0.1) is 0 Å². The predicted molar refractivity (Wildman–Crippen MR) is 50.2 cm³/mol. The minimum Gasteiger partial charge on any atom is -0.362 e. The van der Waals surface area contributed by atoms with Gasteiger partial charge in [-0.2, -0.15) is 0 Å². The van der Waals surface area contributed by atoms with E-state index in [1.165, 1.54) is 10.6 Å². The summed E-state index contributed by atoms with van der Waals surface area (Å²) >= 11 is 1.93. The lowest BCUT2D eigenvalue weighted by atomic mass is 10.3. The molecule has 58 valence electrons. The monoisotopic (exact) mass is 165 g/mol. The Balaban J connectivity index is 2.47. The molecule has 0 aliphatic carbocycles. The molecule has 0 fully saturated rings. The standard InChI is InChI=1S/C9H11NS/c1-7-10(2)8-5-3-4-6-9(8)11-7/h3-7H,1-2H3/t7-/m0/s1. The fourth-order valence-electron chi connectivity index (χ4n) is 1.31. The molecule has 1 heterocycles. The molecule has 0 aromatic heterocycles. The maximum atomic E-state index is 2.31. The lowest BCUT2D eigenvalue weighted by molar-refractivity contribution is 0.924. The molecule has 0 N–H and O–H groups in total. The first kappa shape index (κ1) is 7.04. The summed E-state index contributed by atoms with van der Waals surface area (Å²) in [7, 11) is 2.14. The molecule has 11 heavy (non-hydrogen) atoms. The highest BCUT2D eigenvalue weighted by Gasteiger charge is 2.21. The summed E-state index contributed by atoms with van der Waals surface area (Å²) in [6.45, 7) is 2.23. The minimum absolute atomic E-state index is 0.590. The smallest absolute Gasteiger partial charge is 0.0766 e. The summed E-state index contributed by atoms with van der Waals surface area (Å²) in [5.74, 6) is 0. The van der Waals surface area contributed by atoms with Crippen LogP contribution in [-0.2, 0) is 0 Å². The zero-order valence-electron chi connectivity index (χ0n) is 6.74. The van der Waals surface area contributed by atoms with Gasteiger partial charge >= 0.3 is 0 Å². The third-order valence-electron chi connectivity index (χ3n) is 2.09. The number of rotatable bonds is 0. The molecule has 1 aliphatic rings. The van der Waals surface area contributed by atoms with E-state index in [0.717, 1.165) is 0 Å². The van der Waals surface area contributed by atoms with Crippen molar-refractivity contribution in [2.75, 3.05) is 11.9 Å². The average molecular weight is 165 g/mol. The van der Waals surface area contributed by atoms with E-state index in [1.807, 2.05) is 11.8 Å². The van der Waals surface area contributed by atoms with Gasteiger partial charge in [-0.05, 0) is 19.1 Å². The largest absolute Gasteiger partial charge is 0.362 e. The van der Waals surface area contributed by atoms with Crippen molar-refractivity contribution in [1.82, 2.24) is 0 Å². The van der Waals surface area contributed by atoms with Gasteiger partial charge in [0.1, 0.15) is 0 Å². The molecular weight excluding hydrogens is 154 g/mol. The van der Waals surface area contributed by atoms with Crippen molar-refractivity contribution in [2.24, 2.45) is 0 Å². The number of benzene rings is 1. The third-order valence-corrected chi connectivity index (χ3v) is 3.34. The normalized spacial score (nSPS) is 22.0. The molecule has 1 atom stereocenters. The molecule has 1 nitrogen and oxygen atoms in total. The summed E-state index contributed by atoms with van der Waals surface area (Å²) in [5.41, 5.74) is 1.37. The van der Waals surface area contributed by atoms with Crippen molar-refractivity contribution < 1.29 is 0 Å². The Morgan fingerprint density at radius 1 is 1.36 bits per heavy atom. The van der Waals surface area contributed by atoms with Crippen LogP contribution in [0.15, 0.2) is 29.2 Å². The van der Waals surface area contributed by atoms with Crippen LogP contribution in [0.1, 0.15) is 6.92 Å². The second-order valence-electron chi connectivity index (χ2n) is 2.80. The minimum atomic E-state index is 0.590. The van der Waals surface area contributed by atoms with E-state index < -0.39 is 0 Å². The number of anilines is 1. The van der Waals surface area contributed by atoms with Gasteiger partial charge in [-0.15, -0.1) is 0 Å². The van der Waals surface area contributed by atoms with Gasteiger partial charge < -0.3 is 4.90 Å². The fourth-order valence-corrected chi connectivity index (χ4v) is 2.44. The molecule has 0 radical (unpaired) electrons. The van der Waals surface area contributed by atoms with Crippen LogP contribution >= 0.6 is 11.8 Å². The molecule has 0 amide bonds. The topological polar surface area (TPSA) is 3.24 Å². The molecule has 0 saturated carbocycles. The summed E-state index contributed by atoms with van der Waals surface area (Å²) in [5, 5.41) is 0.590. The lowest BCUT2D eigenvalue weighted by Gasteiger charge is -2.16. The van der Waals surface area contributed by atoms with E-state index >= 15 is 0 Å². The Hall–Kier alpha value is -0.630. The highest BCUT2D eigenvalue weighted by atomic mass is 32.2. The van der Waals surface area contributed by atoms with E-state index in [1.54, 1.807) is 0 Å². The molecule has 2 rings (SSSR count). The first-order valence-electron chi connectivity index (χ1n) is 3.77. The third kappa shape index (κ3) is 1.02. The van der Waals surface area contributed by atoms with Crippen LogP contribution in [-0.4, -0.2) is 12.4 Å². The fraction of sp³-hybridized carbons (Fsp3) is 0.333. The number of hydrogen-bond donors (Lipinski definition) is 0. The van der Waals surface area contributed by atoms with Crippen LogP contribution in [0.5, 0.6) is 0 Å². The number of fused-ring (bicyclic) bond motifs is 1. The number of hydrogen-bond acceptors (Lipinski definition) is 2. The van der Waals surface area contributed by atoms with Crippen LogP contribution < -0.4 is 4.90 Å². The Kier molecular flexibility index (Phi) is 1.57. The van der Waals surface area contributed by atoms with Gasteiger partial charge in [-0.3, -0.25) is 0 Å². The predicted octanol–water partition coefficient (Wildman–Crippen LogP) is 2.57. The molecule has 2 heteroatoms. The average Bonchev–Trinajstić information content (AvgIpc) is 2.30. The first-order chi connectivity index (χ1) is 5.29. The van der Waals surface area contributed by atoms with Crippen molar-refractivity contribution in [3.8, 4) is 0 Å². The highest BCUT2D eigenvalue weighted by Crippen LogP contribution is 2.41. The number of thioether (sulfide) groups is 1. The Morgan fingerprint density at radius 2 is 2.09 bits per heavy atom. The van der Waals surface area contributed by atoms with E-state index in [0.29, 0.717) is 5.37 Å². The SMILES string of the molecule is C[C@@H]1Sc2ccccc2N1C. The molecule has 0 saturated heterocycles. The van der Waals surface area contributed by atoms with E-state index in [-0.39, 0.29) is 0 Å². The summed E-state index contributed by atoms with van der Waals surface area (Å²) in [4.78, 5) is 3.71. The molecule has 1 aliphatic heterocycles. The van der Waals surface area contributed by atoms with Gasteiger partial charge in [0.15, 0.2) is 0 Å². The molecule has 0 bridgehead atoms. The number of para-hydroxylation sites is 1. The Labute approximate surface area is 71.4 Å². The molecule has 1 aromatic carbocycles. The van der Waals surface area contributed by atoms with Gasteiger partial charge in [0.05, 0.1) is 11.1 Å². The van der Waals surface area contributed by atoms with Crippen LogP contribution in [0.3, 0.4) is 0 Å². The van der Waals surface area contributed by atoms with E-state index in [9.17, 15) is 0 Å². The van der Waals surface area contributed by atoms with Gasteiger partial charge in [0, 0.05) is 11.9 Å². The summed E-state index contributed by atoms with van der Waals surface area (Å²) in [6, 6.07) is 8.54. The van der Waals surface area contributed by atoms with Crippen molar-refractivity contribution in [3.05, 3.63) is 24.3 Å². The molecule has 1 aromatic rings.